The van der Waals surface area contributed by atoms with Crippen molar-refractivity contribution in [3.8, 4) is 10.6 Å². The Morgan fingerprint density at radius 3 is 2.58 bits per heavy atom. The number of aromatic nitrogens is 1. The number of thiazole rings is 1. The van der Waals surface area contributed by atoms with Gasteiger partial charge in [-0.3, -0.25) is 4.79 Å². The Morgan fingerprint density at radius 1 is 1.04 bits per heavy atom. The summed E-state index contributed by atoms with van der Waals surface area (Å²) in [5.74, 6) is 0.0555. The highest BCUT2D eigenvalue weighted by molar-refractivity contribution is 7.13. The summed E-state index contributed by atoms with van der Waals surface area (Å²) in [4.78, 5) is 16.5. The second-order valence-electron chi connectivity index (χ2n) is 6.20. The molecule has 0 bridgehead atoms. The summed E-state index contributed by atoms with van der Waals surface area (Å²) in [6.45, 7) is 3.97. The number of nitrogens with one attached hydrogen (secondary N) is 2. The van der Waals surface area contributed by atoms with Gasteiger partial charge in [-0.2, -0.15) is 0 Å². The van der Waals surface area contributed by atoms with Gasteiger partial charge in [-0.25, -0.2) is 4.98 Å². The smallest absolute Gasteiger partial charge is 0.221 e. The highest BCUT2D eigenvalue weighted by Gasteiger charge is 2.05. The van der Waals surface area contributed by atoms with E-state index in [4.69, 9.17) is 0 Å². The summed E-state index contributed by atoms with van der Waals surface area (Å²) in [6.07, 6.45) is 0.460. The number of carbonyl (C=O) groups is 1. The maximum atomic E-state index is 11.9. The van der Waals surface area contributed by atoms with Crippen LogP contribution >= 0.6 is 11.3 Å². The van der Waals surface area contributed by atoms with Crippen LogP contribution in [0, 0.1) is 6.92 Å². The van der Waals surface area contributed by atoms with E-state index in [0.717, 1.165) is 21.8 Å². The van der Waals surface area contributed by atoms with Crippen LogP contribution in [-0.2, 0) is 17.9 Å². The van der Waals surface area contributed by atoms with Crippen LogP contribution in [0.25, 0.3) is 10.6 Å². The molecule has 0 aliphatic rings. The van der Waals surface area contributed by atoms with Gasteiger partial charge in [0.05, 0.1) is 5.69 Å². The van der Waals surface area contributed by atoms with Crippen LogP contribution in [0.4, 0.5) is 0 Å². The zero-order chi connectivity index (χ0) is 18.2. The molecule has 134 valence electrons. The van der Waals surface area contributed by atoms with Gasteiger partial charge >= 0.3 is 0 Å². The third kappa shape index (κ3) is 5.51. The molecule has 0 fully saturated rings. The molecule has 5 heteroatoms. The third-order valence-electron chi connectivity index (χ3n) is 4.02. The molecule has 0 atom stereocenters. The van der Waals surface area contributed by atoms with Crippen LogP contribution in [0.5, 0.6) is 0 Å². The van der Waals surface area contributed by atoms with Crippen molar-refractivity contribution in [1.29, 1.82) is 0 Å². The van der Waals surface area contributed by atoms with Gasteiger partial charge in [0, 0.05) is 37.0 Å². The van der Waals surface area contributed by atoms with Crippen LogP contribution in [0.3, 0.4) is 0 Å². The van der Waals surface area contributed by atoms with Crippen molar-refractivity contribution in [2.75, 3.05) is 6.54 Å². The molecule has 2 aromatic carbocycles. The van der Waals surface area contributed by atoms with Crippen LogP contribution in [-0.4, -0.2) is 17.4 Å². The van der Waals surface area contributed by atoms with E-state index in [2.05, 4.69) is 52.2 Å². The number of nitrogens with zero attached hydrogens (tertiary/aromatic N) is 1. The number of amides is 1. The molecule has 0 saturated heterocycles. The highest BCUT2D eigenvalue weighted by atomic mass is 32.1. The molecule has 0 aliphatic carbocycles. The van der Waals surface area contributed by atoms with E-state index < -0.39 is 0 Å². The van der Waals surface area contributed by atoms with Crippen LogP contribution < -0.4 is 10.6 Å². The maximum Gasteiger partial charge on any atom is 0.221 e. The highest BCUT2D eigenvalue weighted by Crippen LogP contribution is 2.23. The van der Waals surface area contributed by atoms with Gasteiger partial charge in [0.2, 0.25) is 5.91 Å². The second kappa shape index (κ2) is 9.27. The molecule has 1 amide bonds. The number of carbonyl (C=O) groups excluding carboxylic acids is 1. The Morgan fingerprint density at radius 2 is 1.81 bits per heavy atom. The zero-order valence-corrected chi connectivity index (χ0v) is 15.7. The van der Waals surface area contributed by atoms with Crippen LogP contribution in [0.1, 0.15) is 23.2 Å². The van der Waals surface area contributed by atoms with Gasteiger partial charge < -0.3 is 10.6 Å². The first-order valence-electron chi connectivity index (χ1n) is 8.73. The van der Waals surface area contributed by atoms with Crippen molar-refractivity contribution >= 4 is 17.2 Å². The van der Waals surface area contributed by atoms with E-state index in [9.17, 15) is 4.79 Å². The van der Waals surface area contributed by atoms with Crippen molar-refractivity contribution in [1.82, 2.24) is 15.6 Å². The van der Waals surface area contributed by atoms with Gasteiger partial charge in [-0.15, -0.1) is 11.3 Å². The maximum absolute atomic E-state index is 11.9. The first-order valence-corrected chi connectivity index (χ1v) is 9.61. The van der Waals surface area contributed by atoms with Crippen molar-refractivity contribution in [2.45, 2.75) is 26.4 Å². The van der Waals surface area contributed by atoms with Crippen LogP contribution in [0.2, 0.25) is 0 Å². The van der Waals surface area contributed by atoms with Gasteiger partial charge in [0.25, 0.3) is 0 Å². The molecule has 26 heavy (non-hydrogen) atoms. The first kappa shape index (κ1) is 18.3. The topological polar surface area (TPSA) is 54.0 Å². The van der Waals surface area contributed by atoms with Crippen LogP contribution in [0.15, 0.2) is 60.0 Å². The lowest BCUT2D eigenvalue weighted by molar-refractivity contribution is -0.121. The molecule has 2 N–H and O–H groups in total. The van der Waals surface area contributed by atoms with Crippen molar-refractivity contribution in [3.63, 3.8) is 0 Å². The molecule has 0 radical (unpaired) electrons. The third-order valence-corrected chi connectivity index (χ3v) is 4.96. The van der Waals surface area contributed by atoms with Gasteiger partial charge in [0.1, 0.15) is 5.01 Å². The average molecular weight is 366 g/mol. The summed E-state index contributed by atoms with van der Waals surface area (Å²) in [6, 6.07) is 18.3. The predicted molar refractivity (Wildman–Crippen MR) is 107 cm³/mol. The molecule has 4 nitrogen and oxygen atoms in total. The van der Waals surface area contributed by atoms with Gasteiger partial charge in [0.15, 0.2) is 0 Å². The Kier molecular flexibility index (Phi) is 6.52. The summed E-state index contributed by atoms with van der Waals surface area (Å²) >= 11 is 1.65. The lowest BCUT2D eigenvalue weighted by atomic mass is 10.2. The average Bonchev–Trinajstić information content (AvgIpc) is 3.14. The summed E-state index contributed by atoms with van der Waals surface area (Å²) in [5, 5.41) is 9.32. The minimum Gasteiger partial charge on any atom is -0.352 e. The van der Waals surface area contributed by atoms with Crippen molar-refractivity contribution in [2.24, 2.45) is 0 Å². The second-order valence-corrected chi connectivity index (χ2v) is 7.06. The lowest BCUT2D eigenvalue weighted by Crippen LogP contribution is -2.27. The molecule has 0 aliphatic heterocycles. The number of rotatable bonds is 8. The molecular formula is C21H23N3OS. The Labute approximate surface area is 158 Å². The molecule has 0 saturated carbocycles. The van der Waals surface area contributed by atoms with Crippen molar-refractivity contribution in [3.05, 3.63) is 76.8 Å². The minimum atomic E-state index is 0.0555. The number of hydrogen-bond donors (Lipinski definition) is 2. The first-order chi connectivity index (χ1) is 12.7. The molecule has 3 aromatic rings. The summed E-state index contributed by atoms with van der Waals surface area (Å²) in [5.41, 5.74) is 4.51. The fourth-order valence-corrected chi connectivity index (χ4v) is 3.35. The molecule has 1 heterocycles. The molecule has 0 spiro atoms. The summed E-state index contributed by atoms with van der Waals surface area (Å²) in [7, 11) is 0. The predicted octanol–water partition coefficient (Wildman–Crippen LogP) is 3.91. The quantitative estimate of drug-likeness (QED) is 0.595. The van der Waals surface area contributed by atoms with E-state index in [1.165, 1.54) is 5.56 Å². The Hall–Kier alpha value is -2.50. The Bertz CT molecular complexity index is 828. The molecule has 1 aromatic heterocycles. The fourth-order valence-electron chi connectivity index (χ4n) is 2.52. The van der Waals surface area contributed by atoms with E-state index in [-0.39, 0.29) is 5.91 Å². The minimum absolute atomic E-state index is 0.0555. The van der Waals surface area contributed by atoms with Gasteiger partial charge in [-0.1, -0.05) is 60.2 Å². The Balaban J connectivity index is 1.37. The molecular weight excluding hydrogens is 342 g/mol. The molecule has 0 unspecified atom stereocenters. The van der Waals surface area contributed by atoms with E-state index >= 15 is 0 Å². The standard InChI is InChI=1S/C21H23N3OS/c1-16-7-9-18(10-8-16)21-24-19(15-26-21)14-22-12-11-20(25)23-13-17-5-3-2-4-6-17/h2-10,15,22H,11-14H2,1H3,(H,23,25). The van der Waals surface area contributed by atoms with Gasteiger partial charge in [-0.05, 0) is 12.5 Å². The number of hydrogen-bond acceptors (Lipinski definition) is 4. The zero-order valence-electron chi connectivity index (χ0n) is 14.9. The largest absolute Gasteiger partial charge is 0.352 e. The lowest BCUT2D eigenvalue weighted by Gasteiger charge is -2.06. The number of aryl methyl sites for hydroxylation is 1. The normalized spacial score (nSPS) is 10.7. The van der Waals surface area contributed by atoms with E-state index in [1.807, 2.05) is 30.3 Å². The van der Waals surface area contributed by atoms with Crippen molar-refractivity contribution < 1.29 is 4.79 Å². The summed E-state index contributed by atoms with van der Waals surface area (Å²) < 4.78 is 0. The van der Waals surface area contributed by atoms with E-state index in [0.29, 0.717) is 26.1 Å². The number of benzene rings is 2. The molecule has 3 rings (SSSR count). The van der Waals surface area contributed by atoms with E-state index in [1.54, 1.807) is 11.3 Å². The SMILES string of the molecule is Cc1ccc(-c2nc(CNCCC(=O)NCc3ccccc3)cs2)cc1. The monoisotopic (exact) mass is 365 g/mol. The fraction of sp³-hybridized carbons (Fsp3) is 0.238.